The van der Waals surface area contributed by atoms with Crippen LogP contribution in [0.2, 0.25) is 5.02 Å². The molecule has 5 heterocycles. The minimum Gasteiger partial charge on any atom is -0.444 e. The Morgan fingerprint density at radius 1 is 1.19 bits per heavy atom. The van der Waals surface area contributed by atoms with Gasteiger partial charge in [0.05, 0.1) is 42.2 Å². The number of nitrogens with one attached hydrogen (secondary N) is 1. The number of anilines is 2. The van der Waals surface area contributed by atoms with Gasteiger partial charge in [-0.05, 0) is 60.5 Å². The Morgan fingerprint density at radius 3 is 2.51 bits per heavy atom. The molecule has 43 heavy (non-hydrogen) atoms. The van der Waals surface area contributed by atoms with Crippen LogP contribution in [0.3, 0.4) is 0 Å². The van der Waals surface area contributed by atoms with Crippen molar-refractivity contribution in [2.24, 2.45) is 11.3 Å². The molecule has 3 aliphatic rings. The first-order chi connectivity index (χ1) is 20.2. The van der Waals surface area contributed by atoms with Crippen LogP contribution in [-0.2, 0) is 16.1 Å². The van der Waals surface area contributed by atoms with E-state index in [1.54, 1.807) is 12.4 Å². The van der Waals surface area contributed by atoms with Crippen molar-refractivity contribution in [3.8, 4) is 0 Å². The molecule has 0 aromatic carbocycles. The van der Waals surface area contributed by atoms with Crippen LogP contribution in [0.25, 0.3) is 0 Å². The molecule has 2 aromatic heterocycles. The smallest absolute Gasteiger partial charge is 0.407 e. The fourth-order valence-corrected chi connectivity index (χ4v) is 7.20. The van der Waals surface area contributed by atoms with Crippen LogP contribution >= 0.6 is 23.4 Å². The summed E-state index contributed by atoms with van der Waals surface area (Å²) < 4.78 is 11.5. The average molecular weight is 635 g/mol. The second-order valence-corrected chi connectivity index (χ2v) is 14.9. The molecule has 2 aromatic rings. The summed E-state index contributed by atoms with van der Waals surface area (Å²) >= 11 is 8.14. The lowest BCUT2D eigenvalue weighted by Crippen LogP contribution is -2.56. The van der Waals surface area contributed by atoms with Gasteiger partial charge in [0.15, 0.2) is 5.82 Å². The zero-order valence-electron chi connectivity index (χ0n) is 25.8. The van der Waals surface area contributed by atoms with Gasteiger partial charge in [0.25, 0.3) is 0 Å². The molecule has 0 bridgehead atoms. The van der Waals surface area contributed by atoms with Gasteiger partial charge in [0.1, 0.15) is 22.1 Å². The van der Waals surface area contributed by atoms with E-state index in [1.165, 1.54) is 11.8 Å². The number of amides is 1. The van der Waals surface area contributed by atoms with Crippen LogP contribution in [0.4, 0.5) is 16.4 Å². The SMILES string of the molecule is C[C@@H]1OCC2(CCN(c3ncc(Sc4ccnc(N5CC(C(C)(C)O)C5)c4Cl)nc3CO)CC2)[C@@H]1NC(=O)OC(C)(C)C. The third-order valence-electron chi connectivity index (χ3n) is 8.67. The van der Waals surface area contributed by atoms with Crippen LogP contribution in [0.5, 0.6) is 0 Å². The maximum Gasteiger partial charge on any atom is 0.407 e. The Kier molecular flexibility index (Phi) is 9.08. The Balaban J connectivity index is 1.25. The van der Waals surface area contributed by atoms with Crippen LogP contribution in [0.1, 0.15) is 60.1 Å². The highest BCUT2D eigenvalue weighted by atomic mass is 35.5. The summed E-state index contributed by atoms with van der Waals surface area (Å²) in [4.78, 5) is 31.5. The van der Waals surface area contributed by atoms with Crippen molar-refractivity contribution < 1.29 is 24.5 Å². The number of piperidine rings is 1. The van der Waals surface area contributed by atoms with E-state index in [4.69, 9.17) is 31.0 Å². The molecule has 1 amide bonds. The van der Waals surface area contributed by atoms with Crippen molar-refractivity contribution >= 4 is 41.1 Å². The summed E-state index contributed by atoms with van der Waals surface area (Å²) in [6.07, 6.45) is 4.47. The maximum atomic E-state index is 12.6. The van der Waals surface area contributed by atoms with Crippen molar-refractivity contribution in [1.82, 2.24) is 20.3 Å². The number of halogens is 1. The number of rotatable bonds is 7. The van der Waals surface area contributed by atoms with E-state index in [9.17, 15) is 15.0 Å². The molecule has 5 rings (SSSR count). The first-order valence-electron chi connectivity index (χ1n) is 14.8. The standard InChI is InChI=1S/C30H43ClN6O5S/c1-18-24(35-27(39)42-28(2,3)4)30(17-41-18)8-11-36(12-9-30)25-20(16-38)34-22(13-33-25)43-21-7-10-32-26(23(21)31)37-14-19(15-37)29(5,6)40/h7,10,13,18-19,24,38,40H,8-9,11-12,14-17H2,1-6H3,(H,35,39)/t18-,24+/m0/s1. The van der Waals surface area contributed by atoms with Gasteiger partial charge in [-0.3, -0.25) is 0 Å². The summed E-state index contributed by atoms with van der Waals surface area (Å²) in [7, 11) is 0. The Labute approximate surface area is 262 Å². The fraction of sp³-hybridized carbons (Fsp3) is 0.667. The first kappa shape index (κ1) is 32.0. The van der Waals surface area contributed by atoms with E-state index < -0.39 is 17.3 Å². The molecule has 236 valence electrons. The molecule has 13 heteroatoms. The summed E-state index contributed by atoms with van der Waals surface area (Å²) in [6.45, 7) is 14.3. The Hall–Kier alpha value is -2.38. The monoisotopic (exact) mass is 634 g/mol. The average Bonchev–Trinajstić information content (AvgIpc) is 3.18. The lowest BCUT2D eigenvalue weighted by Gasteiger charge is -2.46. The highest BCUT2D eigenvalue weighted by Crippen LogP contribution is 2.44. The third kappa shape index (κ3) is 6.98. The van der Waals surface area contributed by atoms with E-state index >= 15 is 0 Å². The quantitative estimate of drug-likeness (QED) is 0.403. The maximum absolute atomic E-state index is 12.6. The van der Waals surface area contributed by atoms with Crippen molar-refractivity contribution in [3.63, 3.8) is 0 Å². The largest absolute Gasteiger partial charge is 0.444 e. The van der Waals surface area contributed by atoms with E-state index in [-0.39, 0.29) is 30.1 Å². The van der Waals surface area contributed by atoms with Gasteiger partial charge in [-0.2, -0.15) is 0 Å². The molecule has 3 aliphatic heterocycles. The second kappa shape index (κ2) is 12.2. The number of hydrogen-bond acceptors (Lipinski definition) is 11. The number of carbonyl (C=O) groups is 1. The molecular weight excluding hydrogens is 592 g/mol. The number of aliphatic hydroxyl groups is 2. The predicted molar refractivity (Wildman–Crippen MR) is 166 cm³/mol. The fourth-order valence-electron chi connectivity index (χ4n) is 6.05. The third-order valence-corrected chi connectivity index (χ3v) is 10.1. The minimum atomic E-state index is -0.746. The van der Waals surface area contributed by atoms with Gasteiger partial charge in [0, 0.05) is 48.6 Å². The summed E-state index contributed by atoms with van der Waals surface area (Å²) in [6, 6.07) is 1.69. The number of nitrogens with zero attached hydrogens (tertiary/aromatic N) is 5. The zero-order chi connectivity index (χ0) is 31.2. The molecule has 11 nitrogen and oxygen atoms in total. The predicted octanol–water partition coefficient (Wildman–Crippen LogP) is 4.27. The van der Waals surface area contributed by atoms with Crippen LogP contribution in [0.15, 0.2) is 28.4 Å². The summed E-state index contributed by atoms with van der Waals surface area (Å²) in [5, 5.41) is 24.7. The molecule has 3 fully saturated rings. The number of carbonyl (C=O) groups excluding carboxylic acids is 1. The molecular formula is C30H43ClN6O5S. The van der Waals surface area contributed by atoms with Gasteiger partial charge < -0.3 is 34.8 Å². The summed E-state index contributed by atoms with van der Waals surface area (Å²) in [5.41, 5.74) is -1.02. The molecule has 0 saturated carbocycles. The van der Waals surface area contributed by atoms with Gasteiger partial charge in [-0.15, -0.1) is 0 Å². The van der Waals surface area contributed by atoms with E-state index in [1.807, 2.05) is 47.6 Å². The van der Waals surface area contributed by atoms with Gasteiger partial charge in [-0.25, -0.2) is 19.7 Å². The first-order valence-corrected chi connectivity index (χ1v) is 16.0. The molecule has 2 atom stereocenters. The summed E-state index contributed by atoms with van der Waals surface area (Å²) in [5.74, 6) is 1.50. The van der Waals surface area contributed by atoms with Crippen molar-refractivity contribution in [3.05, 3.63) is 29.2 Å². The second-order valence-electron chi connectivity index (χ2n) is 13.4. The van der Waals surface area contributed by atoms with Crippen LogP contribution < -0.4 is 15.1 Å². The molecule has 0 radical (unpaired) electrons. The number of aromatic nitrogens is 3. The van der Waals surface area contributed by atoms with Crippen LogP contribution in [0, 0.1) is 11.3 Å². The van der Waals surface area contributed by atoms with E-state index in [0.717, 1.165) is 17.7 Å². The number of pyridine rings is 1. The number of hydrogen-bond donors (Lipinski definition) is 3. The highest BCUT2D eigenvalue weighted by Gasteiger charge is 2.50. The van der Waals surface area contributed by atoms with Gasteiger partial charge in [0.2, 0.25) is 0 Å². The number of ether oxygens (including phenoxy) is 2. The molecule has 0 unspecified atom stereocenters. The lowest BCUT2D eigenvalue weighted by atomic mass is 9.73. The van der Waals surface area contributed by atoms with Crippen molar-refractivity contribution in [2.45, 2.75) is 94.3 Å². The van der Waals surface area contributed by atoms with Gasteiger partial charge >= 0.3 is 6.09 Å². The number of alkyl carbamates (subject to hydrolysis) is 1. The topological polar surface area (TPSA) is 133 Å². The molecule has 0 aliphatic carbocycles. The zero-order valence-corrected chi connectivity index (χ0v) is 27.3. The molecule has 1 spiro atoms. The van der Waals surface area contributed by atoms with Crippen LogP contribution in [-0.4, -0.2) is 87.4 Å². The van der Waals surface area contributed by atoms with Crippen molar-refractivity contribution in [1.29, 1.82) is 0 Å². The highest BCUT2D eigenvalue weighted by molar-refractivity contribution is 7.99. The van der Waals surface area contributed by atoms with Gasteiger partial charge in [-0.1, -0.05) is 23.4 Å². The lowest BCUT2D eigenvalue weighted by molar-refractivity contribution is 0.00437. The van der Waals surface area contributed by atoms with E-state index in [0.29, 0.717) is 60.2 Å². The molecule has 3 N–H and O–H groups in total. The Morgan fingerprint density at radius 2 is 1.88 bits per heavy atom. The van der Waals surface area contributed by atoms with Crippen molar-refractivity contribution in [2.75, 3.05) is 42.6 Å². The molecule has 3 saturated heterocycles. The van der Waals surface area contributed by atoms with E-state index in [2.05, 4.69) is 20.1 Å². The number of aliphatic hydroxyl groups excluding tert-OH is 1. The Bertz CT molecular complexity index is 1320. The minimum absolute atomic E-state index is 0.118. The normalized spacial score (nSPS) is 22.5.